The minimum absolute atomic E-state index is 0.0194. The minimum Gasteiger partial charge on any atom is -0.494 e. The number of esters is 1. The summed E-state index contributed by atoms with van der Waals surface area (Å²) in [7, 11) is 0. The number of hydrogen-bond donors (Lipinski definition) is 4. The molecule has 1 heterocycles. The third kappa shape index (κ3) is 10.7. The molecule has 276 valence electrons. The molecule has 4 N–H and O–H groups in total. The smallest absolute Gasteiger partial charge is 0.341 e. The predicted octanol–water partition coefficient (Wildman–Crippen LogP) is 8.02. The van der Waals surface area contributed by atoms with E-state index in [4.69, 9.17) is 9.47 Å². The van der Waals surface area contributed by atoms with Crippen molar-refractivity contribution in [2.75, 3.05) is 34.9 Å². The average molecular weight is 763 g/mol. The van der Waals surface area contributed by atoms with E-state index in [2.05, 4.69) is 21.3 Å². The van der Waals surface area contributed by atoms with Crippen molar-refractivity contribution < 1.29 is 33.4 Å². The first kappa shape index (κ1) is 39.0. The van der Waals surface area contributed by atoms with Gasteiger partial charge in [-0.3, -0.25) is 19.2 Å². The molecule has 0 fully saturated rings. The second-order valence-corrected chi connectivity index (χ2v) is 13.6. The molecule has 0 spiro atoms. The second kappa shape index (κ2) is 19.1. The lowest BCUT2D eigenvalue weighted by atomic mass is 10.1. The van der Waals surface area contributed by atoms with E-state index in [-0.39, 0.29) is 33.5 Å². The van der Waals surface area contributed by atoms with E-state index >= 15 is 0 Å². The summed E-state index contributed by atoms with van der Waals surface area (Å²) in [6.45, 7) is 5.83. The fourth-order valence-corrected chi connectivity index (χ4v) is 6.95. The van der Waals surface area contributed by atoms with Gasteiger partial charge in [0.25, 0.3) is 17.7 Å². The Labute approximate surface area is 321 Å². The van der Waals surface area contributed by atoms with Crippen LogP contribution < -0.4 is 26.0 Å². The van der Waals surface area contributed by atoms with Crippen molar-refractivity contribution in [1.82, 2.24) is 5.32 Å². The zero-order valence-electron chi connectivity index (χ0n) is 29.8. The minimum atomic E-state index is -0.646. The first-order valence-corrected chi connectivity index (χ1v) is 18.8. The number of benzene rings is 4. The summed E-state index contributed by atoms with van der Waals surface area (Å²) in [5, 5.41) is 11.4. The summed E-state index contributed by atoms with van der Waals surface area (Å²) in [6, 6.07) is 31.5. The standard InChI is InChI=1S/C41H38N4O7S2/c1-4-51-31-21-19-27(20-22-31)23-33(44-37(47)28-13-8-6-9-14-28)38(48)43-30-17-12-18-32(24-30)53-25-34(46)45-40-35(41(50)52-5-2)26(3)36(54-40)39(49)42-29-15-10-7-11-16-29/h6-24H,4-5,25H2,1-3H3,(H,42,49)(H,43,48)(H,44,47)(H,45,46)/b33-23+. The number of rotatable bonds is 15. The molecular formula is C41H38N4O7S2. The monoisotopic (exact) mass is 762 g/mol. The number of para-hydroxylation sites is 1. The molecule has 0 aliphatic rings. The molecule has 0 saturated carbocycles. The summed E-state index contributed by atoms with van der Waals surface area (Å²) in [5.74, 6) is -1.85. The Morgan fingerprint density at radius 2 is 1.43 bits per heavy atom. The van der Waals surface area contributed by atoms with Gasteiger partial charge in [-0.1, -0.05) is 54.6 Å². The van der Waals surface area contributed by atoms with Crippen molar-refractivity contribution in [3.8, 4) is 5.75 Å². The molecule has 0 aliphatic heterocycles. The van der Waals surface area contributed by atoms with Crippen LogP contribution in [0.15, 0.2) is 120 Å². The maximum Gasteiger partial charge on any atom is 0.341 e. The maximum atomic E-state index is 13.6. The Balaban J connectivity index is 1.28. The molecule has 4 aromatic carbocycles. The van der Waals surface area contributed by atoms with Crippen molar-refractivity contribution in [3.05, 3.63) is 142 Å². The Hall–Kier alpha value is -6.18. The van der Waals surface area contributed by atoms with E-state index in [9.17, 15) is 24.0 Å². The fourth-order valence-electron chi connectivity index (χ4n) is 5.09. The Kier molecular flexibility index (Phi) is 13.8. The molecule has 4 amide bonds. The average Bonchev–Trinajstić information content (AvgIpc) is 3.50. The highest BCUT2D eigenvalue weighted by Gasteiger charge is 2.27. The lowest BCUT2D eigenvalue weighted by Gasteiger charge is -2.12. The number of amides is 4. The topological polar surface area (TPSA) is 152 Å². The van der Waals surface area contributed by atoms with E-state index < -0.39 is 29.6 Å². The predicted molar refractivity (Wildman–Crippen MR) is 213 cm³/mol. The molecule has 1 aromatic heterocycles. The molecular weight excluding hydrogens is 725 g/mol. The number of ether oxygens (including phenoxy) is 2. The van der Waals surface area contributed by atoms with Crippen molar-refractivity contribution in [2.24, 2.45) is 0 Å². The van der Waals surface area contributed by atoms with Gasteiger partial charge in [-0.15, -0.1) is 23.1 Å². The van der Waals surface area contributed by atoms with Gasteiger partial charge in [-0.05, 0) is 92.6 Å². The summed E-state index contributed by atoms with van der Waals surface area (Å²) in [5.41, 5.74) is 2.62. The number of hydrogen-bond acceptors (Lipinski definition) is 9. The van der Waals surface area contributed by atoms with Gasteiger partial charge in [-0.25, -0.2) is 4.79 Å². The van der Waals surface area contributed by atoms with Gasteiger partial charge in [0.2, 0.25) is 5.91 Å². The van der Waals surface area contributed by atoms with Crippen LogP contribution in [-0.2, 0) is 14.3 Å². The highest BCUT2D eigenvalue weighted by atomic mass is 32.2. The molecule has 5 rings (SSSR count). The van der Waals surface area contributed by atoms with Crippen LogP contribution in [0.3, 0.4) is 0 Å². The van der Waals surface area contributed by atoms with Crippen LogP contribution in [0.1, 0.15) is 55.4 Å². The number of nitrogens with one attached hydrogen (secondary N) is 4. The van der Waals surface area contributed by atoms with Gasteiger partial charge in [0.15, 0.2) is 0 Å². The second-order valence-electron chi connectivity index (χ2n) is 11.5. The van der Waals surface area contributed by atoms with Gasteiger partial charge in [-0.2, -0.15) is 0 Å². The lowest BCUT2D eigenvalue weighted by molar-refractivity contribution is -0.114. The summed E-state index contributed by atoms with van der Waals surface area (Å²) < 4.78 is 10.8. The van der Waals surface area contributed by atoms with Crippen LogP contribution >= 0.6 is 23.1 Å². The molecule has 11 nitrogen and oxygen atoms in total. The molecule has 0 saturated heterocycles. The molecule has 5 aromatic rings. The fraction of sp³-hybridized carbons (Fsp3) is 0.146. The summed E-state index contributed by atoms with van der Waals surface area (Å²) in [6.07, 6.45) is 1.57. The van der Waals surface area contributed by atoms with Gasteiger partial charge in [0.1, 0.15) is 16.4 Å². The number of carbonyl (C=O) groups is 5. The van der Waals surface area contributed by atoms with Crippen LogP contribution in [0.4, 0.5) is 16.4 Å². The molecule has 0 aliphatic carbocycles. The van der Waals surface area contributed by atoms with Crippen LogP contribution in [0, 0.1) is 6.92 Å². The van der Waals surface area contributed by atoms with E-state index in [1.54, 1.807) is 123 Å². The highest BCUT2D eigenvalue weighted by Crippen LogP contribution is 2.35. The van der Waals surface area contributed by atoms with Crippen molar-refractivity contribution in [1.29, 1.82) is 0 Å². The highest BCUT2D eigenvalue weighted by molar-refractivity contribution is 8.00. The van der Waals surface area contributed by atoms with Crippen LogP contribution in [-0.4, -0.2) is 48.6 Å². The molecule has 54 heavy (non-hydrogen) atoms. The summed E-state index contributed by atoms with van der Waals surface area (Å²) in [4.78, 5) is 66.8. The Morgan fingerprint density at radius 3 is 2.11 bits per heavy atom. The quantitative estimate of drug-likeness (QED) is 0.0476. The molecule has 0 bridgehead atoms. The van der Waals surface area contributed by atoms with E-state index in [1.165, 1.54) is 11.8 Å². The van der Waals surface area contributed by atoms with Crippen molar-refractivity contribution in [3.63, 3.8) is 0 Å². The molecule has 0 atom stereocenters. The van der Waals surface area contributed by atoms with E-state index in [0.29, 0.717) is 45.3 Å². The molecule has 13 heteroatoms. The zero-order chi connectivity index (χ0) is 38.5. The van der Waals surface area contributed by atoms with E-state index in [1.807, 2.05) is 13.0 Å². The van der Waals surface area contributed by atoms with Gasteiger partial charge >= 0.3 is 5.97 Å². The number of anilines is 3. The largest absolute Gasteiger partial charge is 0.494 e. The molecule has 0 unspecified atom stereocenters. The third-order valence-electron chi connectivity index (χ3n) is 7.61. The van der Waals surface area contributed by atoms with Gasteiger partial charge < -0.3 is 30.7 Å². The zero-order valence-corrected chi connectivity index (χ0v) is 31.4. The molecule has 0 radical (unpaired) electrons. The van der Waals surface area contributed by atoms with Crippen molar-refractivity contribution in [2.45, 2.75) is 25.7 Å². The van der Waals surface area contributed by atoms with E-state index in [0.717, 1.165) is 11.3 Å². The summed E-state index contributed by atoms with van der Waals surface area (Å²) >= 11 is 2.20. The maximum absolute atomic E-state index is 13.6. The van der Waals surface area contributed by atoms with Crippen LogP contribution in [0.25, 0.3) is 6.08 Å². The Bertz CT molecular complexity index is 2150. The SMILES string of the molecule is CCOC(=O)c1c(NC(=O)CSc2cccc(NC(=O)/C(=C\c3ccc(OCC)cc3)NC(=O)c3ccccc3)c2)sc(C(=O)Nc2ccccc2)c1C. The van der Waals surface area contributed by atoms with Crippen LogP contribution in [0.5, 0.6) is 5.75 Å². The first-order chi connectivity index (χ1) is 26.1. The van der Waals surface area contributed by atoms with Gasteiger partial charge in [0.05, 0.1) is 29.4 Å². The third-order valence-corrected chi connectivity index (χ3v) is 9.81. The Morgan fingerprint density at radius 1 is 0.741 bits per heavy atom. The number of carbonyl (C=O) groups excluding carboxylic acids is 5. The number of thioether (sulfide) groups is 1. The normalized spacial score (nSPS) is 10.9. The number of thiophene rings is 1. The first-order valence-electron chi connectivity index (χ1n) is 17.0. The van der Waals surface area contributed by atoms with Crippen molar-refractivity contribution >= 4 is 75.1 Å². The lowest BCUT2D eigenvalue weighted by Crippen LogP contribution is -2.30. The van der Waals surface area contributed by atoms with Gasteiger partial charge in [0, 0.05) is 21.8 Å². The van der Waals surface area contributed by atoms with Crippen LogP contribution in [0.2, 0.25) is 0 Å².